The van der Waals surface area contributed by atoms with Gasteiger partial charge in [-0.2, -0.15) is 10.5 Å². The van der Waals surface area contributed by atoms with Gasteiger partial charge in [-0.3, -0.25) is 20.4 Å². The average Bonchev–Trinajstić information content (AvgIpc) is 3.16. The van der Waals surface area contributed by atoms with E-state index >= 15 is 0 Å². The van der Waals surface area contributed by atoms with Crippen LogP contribution in [0.3, 0.4) is 0 Å². The van der Waals surface area contributed by atoms with Gasteiger partial charge in [0.15, 0.2) is 0 Å². The first-order valence-electron chi connectivity index (χ1n) is 9.17. The molecule has 0 fully saturated rings. The second-order valence-corrected chi connectivity index (χ2v) is 7.39. The molecule has 150 valence electrons. The van der Waals surface area contributed by atoms with Crippen molar-refractivity contribution in [2.24, 2.45) is 5.92 Å². The van der Waals surface area contributed by atoms with Crippen LogP contribution < -0.4 is 10.9 Å². The van der Waals surface area contributed by atoms with Gasteiger partial charge in [-0.15, -0.1) is 0 Å². The molecule has 1 aromatic heterocycles. The molecule has 0 aliphatic carbocycles. The Morgan fingerprint density at radius 3 is 2.30 bits per heavy atom. The lowest BCUT2D eigenvalue weighted by Gasteiger charge is -2.23. The second-order valence-electron chi connectivity index (χ2n) is 7.02. The Morgan fingerprint density at radius 1 is 1.00 bits per heavy atom. The van der Waals surface area contributed by atoms with Crippen molar-refractivity contribution >= 4 is 34.3 Å². The lowest BCUT2D eigenvalue weighted by Crippen LogP contribution is -2.46. The smallest absolute Gasteiger partial charge is 0.269 e. The third kappa shape index (κ3) is 3.98. The highest BCUT2D eigenvalue weighted by Crippen LogP contribution is 2.31. The molecule has 3 aromatic rings. The molecule has 0 saturated heterocycles. The van der Waals surface area contributed by atoms with Crippen LogP contribution in [-0.2, 0) is 4.79 Å². The molecule has 0 aliphatic rings. The summed E-state index contributed by atoms with van der Waals surface area (Å²) < 4.78 is 1.77. The number of rotatable bonds is 4. The Kier molecular flexibility index (Phi) is 6.06. The van der Waals surface area contributed by atoms with Crippen molar-refractivity contribution < 1.29 is 9.59 Å². The molecule has 0 spiro atoms. The fourth-order valence-corrected chi connectivity index (χ4v) is 3.51. The minimum absolute atomic E-state index is 0.0955. The summed E-state index contributed by atoms with van der Waals surface area (Å²) in [7, 11) is 0. The van der Waals surface area contributed by atoms with E-state index in [1.165, 1.54) is 24.3 Å². The largest absolute Gasteiger partial charge is 0.335 e. The Labute approximate surface area is 178 Å². The molecular weight excluding hydrogens is 402 g/mol. The van der Waals surface area contributed by atoms with Gasteiger partial charge in [0.25, 0.3) is 11.8 Å². The number of hydrazine groups is 1. The molecule has 2 aromatic carbocycles. The maximum Gasteiger partial charge on any atom is 0.269 e. The normalized spacial score (nSPS) is 11.5. The molecule has 7 nitrogen and oxygen atoms in total. The van der Waals surface area contributed by atoms with Crippen LogP contribution in [0.1, 0.15) is 41.4 Å². The van der Waals surface area contributed by atoms with Crippen LogP contribution >= 0.6 is 11.6 Å². The van der Waals surface area contributed by atoms with Gasteiger partial charge in [0, 0.05) is 17.1 Å². The fourth-order valence-electron chi connectivity index (χ4n) is 3.24. The van der Waals surface area contributed by atoms with Crippen molar-refractivity contribution in [3.63, 3.8) is 0 Å². The zero-order valence-corrected chi connectivity index (χ0v) is 17.1. The SMILES string of the molecule is CC(C)C(C(=O)NNC(=O)c1ccc(C#N)cc1)n1ccc2c(Cl)c(C#N)ccc21. The highest BCUT2D eigenvalue weighted by molar-refractivity contribution is 6.36. The number of amides is 2. The number of halogens is 1. The number of benzene rings is 2. The Balaban J connectivity index is 1.81. The molecule has 1 unspecified atom stereocenters. The van der Waals surface area contributed by atoms with Crippen LogP contribution in [0.5, 0.6) is 0 Å². The van der Waals surface area contributed by atoms with E-state index in [1.54, 1.807) is 29.0 Å². The van der Waals surface area contributed by atoms with Crippen molar-refractivity contribution in [3.05, 3.63) is 70.4 Å². The van der Waals surface area contributed by atoms with Gasteiger partial charge in [-0.1, -0.05) is 25.4 Å². The quantitative estimate of drug-likeness (QED) is 0.628. The summed E-state index contributed by atoms with van der Waals surface area (Å²) in [4.78, 5) is 25.2. The third-order valence-corrected chi connectivity index (χ3v) is 5.14. The molecule has 1 atom stereocenters. The summed E-state index contributed by atoms with van der Waals surface area (Å²) in [5, 5.41) is 19.0. The van der Waals surface area contributed by atoms with Crippen LogP contribution in [0.25, 0.3) is 10.9 Å². The molecule has 30 heavy (non-hydrogen) atoms. The van der Waals surface area contributed by atoms with Crippen molar-refractivity contribution in [3.8, 4) is 12.1 Å². The molecule has 2 amide bonds. The van der Waals surface area contributed by atoms with E-state index < -0.39 is 17.9 Å². The van der Waals surface area contributed by atoms with Crippen LogP contribution in [0.4, 0.5) is 0 Å². The maximum atomic E-state index is 12.9. The van der Waals surface area contributed by atoms with E-state index in [0.717, 1.165) is 0 Å². The monoisotopic (exact) mass is 419 g/mol. The standard InChI is InChI=1S/C22H18ClN5O2/c1-13(2)20(28-10-9-17-18(28)8-7-16(12-25)19(17)23)22(30)27-26-21(29)15-5-3-14(11-24)4-6-15/h3-10,13,20H,1-2H3,(H,26,29)(H,27,30). The zero-order chi connectivity index (χ0) is 21.8. The maximum absolute atomic E-state index is 12.9. The number of hydrogen-bond donors (Lipinski definition) is 2. The van der Waals surface area contributed by atoms with Gasteiger partial charge in [0.2, 0.25) is 0 Å². The predicted molar refractivity (Wildman–Crippen MR) is 112 cm³/mol. The minimum Gasteiger partial charge on any atom is -0.335 e. The fraction of sp³-hybridized carbons (Fsp3) is 0.182. The van der Waals surface area contributed by atoms with Gasteiger partial charge < -0.3 is 4.57 Å². The van der Waals surface area contributed by atoms with Crippen LogP contribution in [0.2, 0.25) is 5.02 Å². The van der Waals surface area contributed by atoms with E-state index in [2.05, 4.69) is 10.9 Å². The Hall–Kier alpha value is -3.81. The first-order valence-corrected chi connectivity index (χ1v) is 9.54. The molecule has 1 heterocycles. The summed E-state index contributed by atoms with van der Waals surface area (Å²) in [5.74, 6) is -0.985. The highest BCUT2D eigenvalue weighted by atomic mass is 35.5. The summed E-state index contributed by atoms with van der Waals surface area (Å²) in [6.07, 6.45) is 1.74. The van der Waals surface area contributed by atoms with Gasteiger partial charge in [0.1, 0.15) is 12.1 Å². The van der Waals surface area contributed by atoms with Crippen molar-refractivity contribution in [1.82, 2.24) is 15.4 Å². The van der Waals surface area contributed by atoms with Crippen LogP contribution in [-0.4, -0.2) is 16.4 Å². The van der Waals surface area contributed by atoms with E-state index in [1.807, 2.05) is 26.0 Å². The zero-order valence-electron chi connectivity index (χ0n) is 16.3. The van der Waals surface area contributed by atoms with Crippen molar-refractivity contribution in [2.75, 3.05) is 0 Å². The molecular formula is C22H18ClN5O2. The van der Waals surface area contributed by atoms with Gasteiger partial charge in [-0.25, -0.2) is 0 Å². The number of nitrogens with zero attached hydrogens (tertiary/aromatic N) is 3. The molecule has 2 N–H and O–H groups in total. The van der Waals surface area contributed by atoms with E-state index in [0.29, 0.717) is 32.6 Å². The third-order valence-electron chi connectivity index (χ3n) is 4.73. The first-order chi connectivity index (χ1) is 14.4. The highest BCUT2D eigenvalue weighted by Gasteiger charge is 2.26. The summed E-state index contributed by atoms with van der Waals surface area (Å²) in [6, 6.07) is 14.6. The second kappa shape index (κ2) is 8.69. The molecule has 0 bridgehead atoms. The summed E-state index contributed by atoms with van der Waals surface area (Å²) in [6.45, 7) is 3.79. The lowest BCUT2D eigenvalue weighted by molar-refractivity contribution is -0.126. The number of hydrogen-bond acceptors (Lipinski definition) is 4. The van der Waals surface area contributed by atoms with Gasteiger partial charge >= 0.3 is 0 Å². The topological polar surface area (TPSA) is 111 Å². The van der Waals surface area contributed by atoms with E-state index in [4.69, 9.17) is 22.1 Å². The summed E-state index contributed by atoms with van der Waals surface area (Å²) >= 11 is 6.30. The molecule has 0 aliphatic heterocycles. The lowest BCUT2D eigenvalue weighted by atomic mass is 10.0. The van der Waals surface area contributed by atoms with Gasteiger partial charge in [0.05, 0.1) is 27.7 Å². The van der Waals surface area contributed by atoms with Crippen LogP contribution in [0.15, 0.2) is 48.7 Å². The number of nitriles is 2. The Morgan fingerprint density at radius 2 is 1.70 bits per heavy atom. The van der Waals surface area contributed by atoms with Crippen molar-refractivity contribution in [2.45, 2.75) is 19.9 Å². The number of carbonyl (C=O) groups is 2. The molecule has 0 radical (unpaired) electrons. The predicted octanol–water partition coefficient (Wildman–Crippen LogP) is 3.70. The Bertz CT molecular complexity index is 1200. The molecule has 8 heteroatoms. The molecule has 0 saturated carbocycles. The number of aromatic nitrogens is 1. The van der Waals surface area contributed by atoms with Crippen molar-refractivity contribution in [1.29, 1.82) is 10.5 Å². The number of fused-ring (bicyclic) bond motifs is 1. The first kappa shape index (κ1) is 20.9. The van der Waals surface area contributed by atoms with Crippen LogP contribution in [0, 0.1) is 28.6 Å². The van der Waals surface area contributed by atoms with E-state index in [9.17, 15) is 9.59 Å². The minimum atomic E-state index is -0.618. The van der Waals surface area contributed by atoms with E-state index in [-0.39, 0.29) is 5.92 Å². The number of nitrogens with one attached hydrogen (secondary N) is 2. The summed E-state index contributed by atoms with van der Waals surface area (Å²) in [5.41, 5.74) is 6.71. The number of carbonyl (C=O) groups excluding carboxylic acids is 2. The average molecular weight is 420 g/mol. The van der Waals surface area contributed by atoms with Gasteiger partial charge in [-0.05, 0) is 48.4 Å². The molecule has 3 rings (SSSR count).